The summed E-state index contributed by atoms with van der Waals surface area (Å²) in [7, 11) is 2.43. The Kier molecular flexibility index (Phi) is 6.76. The number of hydrogen-bond donors (Lipinski definition) is 2. The standard InChI is InChI=1S/C21H21BF3N3O5/c1-20(11-26,27-19(29)13-4-7-15(8-5-13)33-21(23,24)25)12-31-16-9-6-14-10-32-22(30)17(14)18(16)28(2)3/h4-9,30H,10,12H2,1-3H3,(H,27,29). The third-order valence-electron chi connectivity index (χ3n) is 4.86. The van der Waals surface area contributed by atoms with Crippen molar-refractivity contribution >= 4 is 24.2 Å². The first-order valence-electron chi connectivity index (χ1n) is 9.77. The van der Waals surface area contributed by atoms with E-state index in [1.807, 2.05) is 6.07 Å². The minimum atomic E-state index is -4.84. The smallest absolute Gasteiger partial charge is 0.488 e. The monoisotopic (exact) mass is 463 g/mol. The molecule has 0 aliphatic carbocycles. The van der Waals surface area contributed by atoms with E-state index in [2.05, 4.69) is 10.1 Å². The number of carbonyl (C=O) groups is 1. The van der Waals surface area contributed by atoms with Gasteiger partial charge in [0.25, 0.3) is 5.91 Å². The van der Waals surface area contributed by atoms with E-state index in [4.69, 9.17) is 9.39 Å². The zero-order valence-electron chi connectivity index (χ0n) is 18.1. The first kappa shape index (κ1) is 24.2. The lowest BCUT2D eigenvalue weighted by Gasteiger charge is -2.26. The summed E-state index contributed by atoms with van der Waals surface area (Å²) in [5.74, 6) is -0.760. The first-order chi connectivity index (χ1) is 15.4. The van der Waals surface area contributed by atoms with Gasteiger partial charge in [0.05, 0.1) is 18.4 Å². The SMILES string of the molecule is CN(C)c1c(OCC(C)(C#N)NC(=O)c2ccc(OC(F)(F)F)cc2)ccc2c1B(O)OC2. The molecule has 0 spiro atoms. The molecule has 174 valence electrons. The van der Waals surface area contributed by atoms with Gasteiger partial charge in [-0.3, -0.25) is 4.79 Å². The van der Waals surface area contributed by atoms with Gasteiger partial charge in [0, 0.05) is 25.1 Å². The van der Waals surface area contributed by atoms with Crippen LogP contribution in [0.15, 0.2) is 36.4 Å². The maximum atomic E-state index is 12.6. The second-order valence-electron chi connectivity index (χ2n) is 7.80. The predicted octanol–water partition coefficient (Wildman–Crippen LogP) is 1.96. The molecule has 0 saturated heterocycles. The van der Waals surface area contributed by atoms with Crippen LogP contribution in [0.25, 0.3) is 0 Å². The fourth-order valence-electron chi connectivity index (χ4n) is 3.31. The zero-order valence-corrected chi connectivity index (χ0v) is 18.1. The van der Waals surface area contributed by atoms with Crippen LogP contribution in [0.3, 0.4) is 0 Å². The molecule has 2 N–H and O–H groups in total. The lowest BCUT2D eigenvalue weighted by molar-refractivity contribution is -0.274. The number of nitrogens with one attached hydrogen (secondary N) is 1. The fourth-order valence-corrected chi connectivity index (χ4v) is 3.31. The lowest BCUT2D eigenvalue weighted by Crippen LogP contribution is -2.49. The summed E-state index contributed by atoms with van der Waals surface area (Å²) in [5, 5.41) is 22.3. The molecule has 1 amide bonds. The van der Waals surface area contributed by atoms with Crippen LogP contribution in [0, 0.1) is 11.3 Å². The van der Waals surface area contributed by atoms with Crippen LogP contribution in [-0.4, -0.2) is 50.7 Å². The lowest BCUT2D eigenvalue weighted by atomic mass is 9.77. The molecule has 2 aromatic carbocycles. The third kappa shape index (κ3) is 5.69. The number of carbonyl (C=O) groups excluding carboxylic acids is 1. The molecule has 0 radical (unpaired) electrons. The molecule has 1 aliphatic heterocycles. The van der Waals surface area contributed by atoms with Crippen LogP contribution in [-0.2, 0) is 11.3 Å². The molecule has 33 heavy (non-hydrogen) atoms. The second kappa shape index (κ2) is 9.21. The highest BCUT2D eigenvalue weighted by molar-refractivity contribution is 6.63. The van der Waals surface area contributed by atoms with Crippen molar-refractivity contribution < 1.29 is 37.1 Å². The van der Waals surface area contributed by atoms with Gasteiger partial charge in [0.1, 0.15) is 18.1 Å². The van der Waals surface area contributed by atoms with Gasteiger partial charge in [0.15, 0.2) is 5.54 Å². The number of amides is 1. The Morgan fingerprint density at radius 3 is 2.52 bits per heavy atom. The average molecular weight is 463 g/mol. The molecule has 0 aromatic heterocycles. The number of nitriles is 1. The quantitative estimate of drug-likeness (QED) is 0.606. The number of alkyl halides is 3. The van der Waals surface area contributed by atoms with Crippen LogP contribution in [0.4, 0.5) is 18.9 Å². The van der Waals surface area contributed by atoms with Gasteiger partial charge in [-0.15, -0.1) is 13.2 Å². The third-order valence-corrected chi connectivity index (χ3v) is 4.86. The molecule has 8 nitrogen and oxygen atoms in total. The minimum absolute atomic E-state index is 0.0396. The largest absolute Gasteiger partial charge is 0.573 e. The molecule has 1 atom stereocenters. The van der Waals surface area contributed by atoms with Crippen LogP contribution in [0.2, 0.25) is 0 Å². The van der Waals surface area contributed by atoms with Crippen molar-refractivity contribution in [3.63, 3.8) is 0 Å². The highest BCUT2D eigenvalue weighted by Crippen LogP contribution is 2.30. The Morgan fingerprint density at radius 2 is 1.94 bits per heavy atom. The van der Waals surface area contributed by atoms with E-state index in [0.29, 0.717) is 16.9 Å². The number of ether oxygens (including phenoxy) is 2. The van der Waals surface area contributed by atoms with Crippen molar-refractivity contribution in [3.8, 4) is 17.6 Å². The average Bonchev–Trinajstić information content (AvgIpc) is 3.12. The molecular weight excluding hydrogens is 442 g/mol. The van der Waals surface area contributed by atoms with Crippen molar-refractivity contribution in [2.24, 2.45) is 0 Å². The van der Waals surface area contributed by atoms with Crippen molar-refractivity contribution in [3.05, 3.63) is 47.5 Å². The van der Waals surface area contributed by atoms with Crippen LogP contribution in [0.1, 0.15) is 22.8 Å². The van der Waals surface area contributed by atoms with E-state index < -0.39 is 30.7 Å². The molecule has 3 rings (SSSR count). The Hall–Kier alpha value is -3.43. The van der Waals surface area contributed by atoms with Gasteiger partial charge in [0.2, 0.25) is 0 Å². The van der Waals surface area contributed by atoms with Crippen molar-refractivity contribution in [2.45, 2.75) is 25.4 Å². The topological polar surface area (TPSA) is 104 Å². The summed E-state index contributed by atoms with van der Waals surface area (Å²) in [4.78, 5) is 14.3. The summed E-state index contributed by atoms with van der Waals surface area (Å²) in [6.07, 6.45) is -4.84. The molecule has 12 heteroatoms. The van der Waals surface area contributed by atoms with Crippen LogP contribution in [0.5, 0.6) is 11.5 Å². The number of halogens is 3. The summed E-state index contributed by atoms with van der Waals surface area (Å²) in [5.41, 5.74) is 0.548. The van der Waals surface area contributed by atoms with Crippen LogP contribution >= 0.6 is 0 Å². The van der Waals surface area contributed by atoms with Gasteiger partial charge in [-0.05, 0) is 42.8 Å². The van der Waals surface area contributed by atoms with Gasteiger partial charge >= 0.3 is 13.5 Å². The van der Waals surface area contributed by atoms with Crippen molar-refractivity contribution in [1.29, 1.82) is 5.26 Å². The first-order valence-corrected chi connectivity index (χ1v) is 9.77. The molecule has 1 aliphatic rings. The van der Waals surface area contributed by atoms with Crippen molar-refractivity contribution in [1.82, 2.24) is 5.32 Å². The maximum Gasteiger partial charge on any atom is 0.573 e. The Balaban J connectivity index is 1.73. The molecule has 1 heterocycles. The fraction of sp³-hybridized carbons (Fsp3) is 0.333. The molecular formula is C21H21BF3N3O5. The van der Waals surface area contributed by atoms with Gasteiger partial charge in [-0.25, -0.2) is 0 Å². The molecule has 0 saturated carbocycles. The van der Waals surface area contributed by atoms with E-state index >= 15 is 0 Å². The number of nitrogens with zero attached hydrogens (tertiary/aromatic N) is 2. The summed E-state index contributed by atoms with van der Waals surface area (Å²) in [6, 6.07) is 9.74. The van der Waals surface area contributed by atoms with E-state index in [1.165, 1.54) is 6.92 Å². The summed E-state index contributed by atoms with van der Waals surface area (Å²) in [6.45, 7) is 1.48. The normalized spacial score (nSPS) is 14.7. The van der Waals surface area contributed by atoms with E-state index in [-0.39, 0.29) is 18.8 Å². The number of rotatable bonds is 7. The second-order valence-corrected chi connectivity index (χ2v) is 7.80. The number of fused-ring (bicyclic) bond motifs is 1. The molecule has 1 unspecified atom stereocenters. The van der Waals surface area contributed by atoms with Gasteiger partial charge in [-0.1, -0.05) is 6.07 Å². The van der Waals surface area contributed by atoms with Gasteiger partial charge in [-0.2, -0.15) is 5.26 Å². The Morgan fingerprint density at radius 1 is 1.27 bits per heavy atom. The predicted molar refractivity (Wildman–Crippen MR) is 113 cm³/mol. The van der Waals surface area contributed by atoms with Crippen molar-refractivity contribution in [2.75, 3.05) is 25.6 Å². The zero-order chi connectivity index (χ0) is 24.4. The number of hydrogen-bond acceptors (Lipinski definition) is 7. The Labute approximate surface area is 188 Å². The maximum absolute atomic E-state index is 12.6. The Bertz CT molecular complexity index is 1070. The van der Waals surface area contributed by atoms with Gasteiger partial charge < -0.3 is 29.4 Å². The highest BCUT2D eigenvalue weighted by atomic mass is 19.4. The van der Waals surface area contributed by atoms with E-state index in [1.54, 1.807) is 31.1 Å². The molecule has 2 aromatic rings. The number of anilines is 1. The highest BCUT2D eigenvalue weighted by Gasteiger charge is 2.34. The summed E-state index contributed by atoms with van der Waals surface area (Å²) >= 11 is 0. The molecule has 0 bridgehead atoms. The van der Waals surface area contributed by atoms with E-state index in [0.717, 1.165) is 29.8 Å². The molecule has 0 fully saturated rings. The van der Waals surface area contributed by atoms with Crippen LogP contribution < -0.4 is 25.2 Å². The summed E-state index contributed by atoms with van der Waals surface area (Å²) < 4.78 is 51.8. The number of benzene rings is 2. The minimum Gasteiger partial charge on any atom is -0.488 e. The van der Waals surface area contributed by atoms with E-state index in [9.17, 15) is 28.3 Å².